The molecule has 0 bridgehead atoms. The quantitative estimate of drug-likeness (QED) is 0.0332. The largest absolute Gasteiger partial charge is 0.479 e. The third-order valence-corrected chi connectivity index (χ3v) is 16.6. The number of aliphatic carboxylic acids is 1. The topological polar surface area (TPSA) is 457 Å². The SMILES string of the molecule is CC1O[C@@H](OC2C(O[C@H]3CC(O[C@@H](CC4CCCCC4)C(=O)O)C[C@H](CO)O3)CC(C(=O)NCCNC(=O)COCCOCC(=O)Nc3cc(S(=O)O)cc4cc(S(=O)O)cc(S(=O)O)c34)C[C@H]2NC(=O)c2cc(=O)[nH]c(=O)[nH]2)C[C@@H](O)C1O. The van der Waals surface area contributed by atoms with Gasteiger partial charge in [0.25, 0.3) is 11.5 Å². The zero-order valence-electron chi connectivity index (χ0n) is 45.4. The van der Waals surface area contributed by atoms with Crippen molar-refractivity contribution in [2.24, 2.45) is 11.8 Å². The monoisotopic (exact) mass is 1250 g/mol. The molecule has 3 heterocycles. The molecule has 1 aromatic heterocycles. The fourth-order valence-corrected chi connectivity index (χ4v) is 12.3. The van der Waals surface area contributed by atoms with Gasteiger partial charge in [-0.2, -0.15) is 0 Å². The number of aromatic amines is 2. The molecule has 7 rings (SSSR count). The summed E-state index contributed by atoms with van der Waals surface area (Å²) >= 11 is -7.89. The van der Waals surface area contributed by atoms with Gasteiger partial charge in [-0.3, -0.25) is 29.0 Å². The lowest BCUT2D eigenvalue weighted by Gasteiger charge is -2.46. The van der Waals surface area contributed by atoms with Gasteiger partial charge in [-0.05, 0) is 61.8 Å². The fourth-order valence-electron chi connectivity index (χ4n) is 10.7. The highest BCUT2D eigenvalue weighted by molar-refractivity contribution is 7.80. The molecule has 2 aliphatic heterocycles. The van der Waals surface area contributed by atoms with Crippen LogP contribution in [-0.4, -0.2) is 200 Å². The molecule has 2 saturated carbocycles. The van der Waals surface area contributed by atoms with Gasteiger partial charge in [0, 0.05) is 49.7 Å². The van der Waals surface area contributed by atoms with Gasteiger partial charge in [0.2, 0.25) is 17.7 Å². The van der Waals surface area contributed by atoms with Crippen LogP contribution in [-0.2, 0) is 85.6 Å². The summed E-state index contributed by atoms with van der Waals surface area (Å²) in [7, 11) is 0. The summed E-state index contributed by atoms with van der Waals surface area (Å²) in [5, 5.41) is 52.2. The number of aliphatic hydroxyl groups is 3. The Morgan fingerprint density at radius 2 is 1.44 bits per heavy atom. The zero-order chi connectivity index (χ0) is 60.8. The van der Waals surface area contributed by atoms with Gasteiger partial charge in [-0.15, -0.1) is 0 Å². The molecule has 13 N–H and O–H groups in total. The summed E-state index contributed by atoms with van der Waals surface area (Å²) in [5.41, 5.74) is -2.47. The van der Waals surface area contributed by atoms with E-state index in [1.165, 1.54) is 6.92 Å². The summed E-state index contributed by atoms with van der Waals surface area (Å²) in [5.74, 6) is -4.93. The number of carboxylic acid groups (broad SMARTS) is 1. The minimum absolute atomic E-state index is 0.0133. The summed E-state index contributed by atoms with van der Waals surface area (Å²) in [6, 6.07) is 4.04. The van der Waals surface area contributed by atoms with Crippen LogP contribution >= 0.6 is 0 Å². The smallest absolute Gasteiger partial charge is 0.332 e. The van der Waals surface area contributed by atoms with Crippen LogP contribution in [0.4, 0.5) is 5.69 Å². The molecule has 4 aliphatic rings. The molecule has 15 atom stereocenters. The highest BCUT2D eigenvalue weighted by Crippen LogP contribution is 2.38. The van der Waals surface area contributed by atoms with Gasteiger partial charge in [0.05, 0.1) is 76.8 Å². The van der Waals surface area contributed by atoms with E-state index in [1.807, 2.05) is 4.98 Å². The van der Waals surface area contributed by atoms with Gasteiger partial charge in [0.1, 0.15) is 31.1 Å². The normalized spacial score (nSPS) is 27.2. The molecular weight excluding hydrogens is 1180 g/mol. The molecule has 0 radical (unpaired) electrons. The van der Waals surface area contributed by atoms with Crippen molar-refractivity contribution >= 4 is 79.3 Å². The first-order valence-corrected chi connectivity index (χ1v) is 30.4. The number of ether oxygens (including phenoxy) is 7. The van der Waals surface area contributed by atoms with Gasteiger partial charge in [-0.25, -0.2) is 22.2 Å². The van der Waals surface area contributed by atoms with Gasteiger partial charge < -0.3 is 93.5 Å². The number of hydrogen-bond acceptors (Lipinski definition) is 20. The van der Waals surface area contributed by atoms with Crippen molar-refractivity contribution in [3.63, 3.8) is 0 Å². The number of carbonyl (C=O) groups excluding carboxylic acids is 4. The Morgan fingerprint density at radius 3 is 2.08 bits per heavy atom. The van der Waals surface area contributed by atoms with Crippen LogP contribution in [0.25, 0.3) is 10.8 Å². The predicted molar refractivity (Wildman–Crippen MR) is 292 cm³/mol. The van der Waals surface area contributed by atoms with Crippen LogP contribution in [0.2, 0.25) is 0 Å². The Labute approximate surface area is 487 Å². The van der Waals surface area contributed by atoms with Crippen molar-refractivity contribution in [1.29, 1.82) is 0 Å². The molecule has 4 fully saturated rings. The summed E-state index contributed by atoms with van der Waals surface area (Å²) < 4.78 is 107. The first kappa shape index (κ1) is 66.2. The highest BCUT2D eigenvalue weighted by atomic mass is 32.2. The number of carbonyl (C=O) groups is 5. The second kappa shape index (κ2) is 31.3. The number of rotatable bonds is 27. The molecule has 84 heavy (non-hydrogen) atoms. The number of nitrogens with one attached hydrogen (secondary N) is 6. The Hall–Kier alpha value is -5.34. The number of anilines is 1. The van der Waals surface area contributed by atoms with Crippen molar-refractivity contribution in [3.05, 3.63) is 56.9 Å². The maximum Gasteiger partial charge on any atom is 0.332 e. The van der Waals surface area contributed by atoms with Crippen LogP contribution in [0, 0.1) is 11.8 Å². The standard InChI is InChI=1S/C51H70N6O24S3/c1-25-46(63)36(59)21-44(77-25)81-47-34(55-49(65)35-20-40(60)57-51(68)56-35)14-28(15-37(47)80-43-17-29(16-30(22-58)79-43)78-38(50(66)67)11-26-5-3-2-4-6-26)48(64)53-8-7-52-41(61)23-75-9-10-76-24-42(62)54-33-18-31(82(69)70)12-27-13-32(83(71)72)19-39(45(27)33)84(73)74/h12-13,18-20,25-26,28-30,34,36-38,43-44,46-47,58-59,63H,2-11,14-17,21-24H2,1H3,(H,52,61)(H,53,64)(H,54,62)(H,55,65)(H,66,67)(H,69,70)(H,71,72)(H,73,74)(H2,56,57,60,68)/t25?,28?,29?,30-,34-,36-,37?,38+,43+,44+,46?,47?/m1/s1. The molecule has 9 unspecified atom stereocenters. The van der Waals surface area contributed by atoms with Crippen molar-refractivity contribution in [2.45, 2.75) is 160 Å². The van der Waals surface area contributed by atoms with Crippen LogP contribution in [0.5, 0.6) is 0 Å². The van der Waals surface area contributed by atoms with E-state index in [0.717, 1.165) is 62.4 Å². The number of benzene rings is 2. The maximum absolute atomic E-state index is 14.1. The molecule has 2 aromatic carbocycles. The maximum atomic E-state index is 14.1. The van der Waals surface area contributed by atoms with Crippen molar-refractivity contribution in [2.75, 3.05) is 51.4 Å². The molecule has 4 amide bonds. The molecular formula is C51H70N6O24S3. The lowest BCUT2D eigenvalue weighted by molar-refractivity contribution is -0.302. The Balaban J connectivity index is 0.966. The minimum atomic E-state index is -2.72. The highest BCUT2D eigenvalue weighted by Gasteiger charge is 2.48. The van der Waals surface area contributed by atoms with Crippen molar-refractivity contribution < 1.29 is 104 Å². The molecule has 466 valence electrons. The summed E-state index contributed by atoms with van der Waals surface area (Å²) in [4.78, 5) is 93.9. The average molecular weight is 1250 g/mol. The Kier molecular flexibility index (Phi) is 24.7. The van der Waals surface area contributed by atoms with E-state index >= 15 is 0 Å². The van der Waals surface area contributed by atoms with E-state index in [2.05, 4.69) is 26.3 Å². The van der Waals surface area contributed by atoms with Crippen LogP contribution in [0.1, 0.15) is 88.0 Å². The first-order valence-electron chi connectivity index (χ1n) is 27.1. The summed E-state index contributed by atoms with van der Waals surface area (Å²) in [6.07, 6.45) is -6.54. The zero-order valence-corrected chi connectivity index (χ0v) is 47.9. The molecule has 3 aromatic rings. The van der Waals surface area contributed by atoms with E-state index in [-0.39, 0.29) is 102 Å². The lowest BCUT2D eigenvalue weighted by atomic mass is 9.80. The van der Waals surface area contributed by atoms with Crippen molar-refractivity contribution in [3.8, 4) is 0 Å². The fraction of sp³-hybridized carbons (Fsp3) is 0.627. The molecule has 0 spiro atoms. The van der Waals surface area contributed by atoms with E-state index in [1.54, 1.807) is 0 Å². The number of aromatic nitrogens is 2. The third kappa shape index (κ3) is 18.8. The van der Waals surface area contributed by atoms with Gasteiger partial charge in [0.15, 0.2) is 51.9 Å². The number of aliphatic hydroxyl groups excluding tert-OH is 3. The second-order valence-electron chi connectivity index (χ2n) is 20.8. The average Bonchev–Trinajstić information content (AvgIpc) is 1.76. The number of fused-ring (bicyclic) bond motifs is 1. The Morgan fingerprint density at radius 1 is 0.774 bits per heavy atom. The van der Waals surface area contributed by atoms with Crippen LogP contribution < -0.4 is 32.5 Å². The van der Waals surface area contributed by atoms with E-state index in [4.69, 9.17) is 33.2 Å². The van der Waals surface area contributed by atoms with Crippen LogP contribution in [0.3, 0.4) is 0 Å². The number of carboxylic acids is 1. The van der Waals surface area contributed by atoms with Crippen LogP contribution in [0.15, 0.2) is 54.6 Å². The molecule has 33 heteroatoms. The van der Waals surface area contributed by atoms with Gasteiger partial charge in [-0.1, -0.05) is 32.1 Å². The van der Waals surface area contributed by atoms with E-state index < -0.39 is 173 Å². The number of hydrogen-bond donors (Lipinski definition) is 13. The molecule has 2 saturated heterocycles. The lowest BCUT2D eigenvalue weighted by Crippen LogP contribution is -2.60. The second-order valence-corrected chi connectivity index (χ2v) is 23.7. The molecule has 30 nitrogen and oxygen atoms in total. The molecule has 2 aliphatic carbocycles. The van der Waals surface area contributed by atoms with Gasteiger partial charge >= 0.3 is 11.7 Å². The summed E-state index contributed by atoms with van der Waals surface area (Å²) in [6.45, 7) is -0.680. The minimum Gasteiger partial charge on any atom is -0.479 e. The number of H-pyrrole nitrogens is 2. The third-order valence-electron chi connectivity index (χ3n) is 14.7. The Bertz CT molecular complexity index is 2950. The first-order chi connectivity index (χ1) is 40.0. The predicted octanol–water partition coefficient (Wildman–Crippen LogP) is -0.696. The number of amides is 4. The van der Waals surface area contributed by atoms with Crippen molar-refractivity contribution in [1.82, 2.24) is 25.9 Å². The van der Waals surface area contributed by atoms with E-state index in [0.29, 0.717) is 0 Å². The van der Waals surface area contributed by atoms with E-state index in [9.17, 15) is 80.3 Å².